The van der Waals surface area contributed by atoms with Crippen molar-refractivity contribution < 1.29 is 10.0 Å². The Bertz CT molecular complexity index is 691. The van der Waals surface area contributed by atoms with Crippen LogP contribution in [0.4, 0.5) is 5.69 Å². The fourth-order valence-electron chi connectivity index (χ4n) is 1.92. The number of anilines is 1. The highest BCUT2D eigenvalue weighted by Gasteiger charge is 2.08. The van der Waals surface area contributed by atoms with Gasteiger partial charge in [-0.15, -0.1) is 0 Å². The smallest absolute Gasteiger partial charge is 0.255 e. The molecule has 0 bridgehead atoms. The lowest BCUT2D eigenvalue weighted by molar-refractivity contribution is 0.102. The summed E-state index contributed by atoms with van der Waals surface area (Å²) in [6, 6.07) is 12.4. The number of amides is 1. The number of nitrogens with two attached hydrogens (primary N) is 1. The predicted molar refractivity (Wildman–Crippen MR) is 82.8 cm³/mol. The van der Waals surface area contributed by atoms with Crippen LogP contribution in [-0.4, -0.2) is 17.0 Å². The molecule has 0 spiro atoms. The van der Waals surface area contributed by atoms with Crippen LogP contribution in [0.1, 0.15) is 27.0 Å². The first-order valence-electron chi connectivity index (χ1n) is 6.48. The molecule has 2 aromatic rings. The van der Waals surface area contributed by atoms with Gasteiger partial charge in [-0.2, -0.15) is 0 Å². The van der Waals surface area contributed by atoms with Gasteiger partial charge in [0.1, 0.15) is 0 Å². The lowest BCUT2D eigenvalue weighted by atomic mass is 10.1. The maximum Gasteiger partial charge on any atom is 0.255 e. The molecule has 0 radical (unpaired) electrons. The van der Waals surface area contributed by atoms with Gasteiger partial charge in [-0.1, -0.05) is 29.4 Å². The second kappa shape index (κ2) is 6.09. The molecule has 0 atom stereocenters. The summed E-state index contributed by atoms with van der Waals surface area (Å²) in [6.45, 7) is 3.91. The molecule has 1 amide bonds. The molecular weight excluding hydrogens is 266 g/mol. The number of nitrogens with one attached hydrogen (secondary N) is 1. The van der Waals surface area contributed by atoms with E-state index in [1.165, 1.54) is 0 Å². The van der Waals surface area contributed by atoms with E-state index in [2.05, 4.69) is 10.5 Å². The quantitative estimate of drug-likeness (QED) is 0.350. The van der Waals surface area contributed by atoms with E-state index in [9.17, 15) is 4.79 Å². The average Bonchev–Trinajstić information content (AvgIpc) is 2.50. The first-order chi connectivity index (χ1) is 10.0. The Labute approximate surface area is 123 Å². The number of hydrogen-bond acceptors (Lipinski definition) is 3. The van der Waals surface area contributed by atoms with Crippen molar-refractivity contribution in [3.05, 3.63) is 64.7 Å². The van der Waals surface area contributed by atoms with Crippen molar-refractivity contribution >= 4 is 17.4 Å². The summed E-state index contributed by atoms with van der Waals surface area (Å²) >= 11 is 0. The van der Waals surface area contributed by atoms with Crippen LogP contribution in [-0.2, 0) is 0 Å². The Morgan fingerprint density at radius 2 is 1.71 bits per heavy atom. The Kier molecular flexibility index (Phi) is 4.23. The fraction of sp³-hybridized carbons (Fsp3) is 0.125. The van der Waals surface area contributed by atoms with E-state index >= 15 is 0 Å². The SMILES string of the molecule is Cc1ccc(C)c(NC(=O)c2ccc(/C(N)=N/O)cc2)c1. The normalized spacial score (nSPS) is 11.2. The molecule has 5 heteroatoms. The van der Waals surface area contributed by atoms with Crippen LogP contribution in [0.5, 0.6) is 0 Å². The number of rotatable bonds is 3. The third-order valence-corrected chi connectivity index (χ3v) is 3.19. The number of aryl methyl sites for hydroxylation is 2. The van der Waals surface area contributed by atoms with Gasteiger partial charge in [-0.25, -0.2) is 0 Å². The number of benzene rings is 2. The lowest BCUT2D eigenvalue weighted by Crippen LogP contribution is -2.15. The molecule has 5 nitrogen and oxygen atoms in total. The molecule has 2 aromatic carbocycles. The minimum atomic E-state index is -0.199. The summed E-state index contributed by atoms with van der Waals surface area (Å²) in [7, 11) is 0. The molecule has 2 rings (SSSR count). The summed E-state index contributed by atoms with van der Waals surface area (Å²) in [5.41, 5.74) is 9.42. The Morgan fingerprint density at radius 1 is 1.10 bits per heavy atom. The van der Waals surface area contributed by atoms with Gasteiger partial charge in [0.25, 0.3) is 5.91 Å². The van der Waals surface area contributed by atoms with E-state index in [1.807, 2.05) is 32.0 Å². The average molecular weight is 283 g/mol. The molecule has 0 aliphatic rings. The number of hydrogen-bond donors (Lipinski definition) is 3. The minimum absolute atomic E-state index is 0.0106. The van der Waals surface area contributed by atoms with Crippen LogP contribution >= 0.6 is 0 Å². The van der Waals surface area contributed by atoms with Gasteiger partial charge < -0.3 is 16.3 Å². The van der Waals surface area contributed by atoms with E-state index in [0.29, 0.717) is 11.1 Å². The molecule has 0 saturated heterocycles. The van der Waals surface area contributed by atoms with Crippen LogP contribution in [0.15, 0.2) is 47.6 Å². The van der Waals surface area contributed by atoms with E-state index in [4.69, 9.17) is 10.9 Å². The second-order valence-electron chi connectivity index (χ2n) is 4.84. The van der Waals surface area contributed by atoms with Crippen molar-refractivity contribution in [3.63, 3.8) is 0 Å². The predicted octanol–water partition coefficient (Wildman–Crippen LogP) is 2.65. The number of oxime groups is 1. The monoisotopic (exact) mass is 283 g/mol. The van der Waals surface area contributed by atoms with Crippen LogP contribution in [0.3, 0.4) is 0 Å². The van der Waals surface area contributed by atoms with Crippen molar-refractivity contribution in [1.82, 2.24) is 0 Å². The van der Waals surface area contributed by atoms with Crippen molar-refractivity contribution in [1.29, 1.82) is 0 Å². The van der Waals surface area contributed by atoms with Crippen molar-refractivity contribution in [3.8, 4) is 0 Å². The highest BCUT2D eigenvalue weighted by atomic mass is 16.4. The summed E-state index contributed by atoms with van der Waals surface area (Å²) in [5.74, 6) is -0.189. The van der Waals surface area contributed by atoms with Gasteiger partial charge in [0, 0.05) is 16.8 Å². The molecule has 0 aliphatic heterocycles. The number of carbonyl (C=O) groups is 1. The van der Waals surface area contributed by atoms with Gasteiger partial charge >= 0.3 is 0 Å². The molecule has 0 saturated carbocycles. The van der Waals surface area contributed by atoms with E-state index in [1.54, 1.807) is 24.3 Å². The Balaban J connectivity index is 2.19. The first kappa shape index (κ1) is 14.6. The highest BCUT2D eigenvalue weighted by molar-refractivity contribution is 6.05. The zero-order valence-electron chi connectivity index (χ0n) is 11.9. The summed E-state index contributed by atoms with van der Waals surface area (Å²) in [5, 5.41) is 14.4. The summed E-state index contributed by atoms with van der Waals surface area (Å²) in [6.07, 6.45) is 0. The van der Waals surface area contributed by atoms with Crippen LogP contribution < -0.4 is 11.1 Å². The lowest BCUT2D eigenvalue weighted by Gasteiger charge is -2.09. The van der Waals surface area contributed by atoms with E-state index in [0.717, 1.165) is 16.8 Å². The number of nitrogens with zero attached hydrogens (tertiary/aromatic N) is 1. The van der Waals surface area contributed by atoms with Crippen molar-refractivity contribution in [2.75, 3.05) is 5.32 Å². The number of carbonyl (C=O) groups excluding carboxylic acids is 1. The molecular formula is C16H17N3O2. The van der Waals surface area contributed by atoms with Gasteiger partial charge in [0.15, 0.2) is 5.84 Å². The zero-order valence-corrected chi connectivity index (χ0v) is 11.9. The zero-order chi connectivity index (χ0) is 15.4. The molecule has 0 heterocycles. The Hall–Kier alpha value is -2.82. The van der Waals surface area contributed by atoms with Crippen LogP contribution in [0, 0.1) is 13.8 Å². The van der Waals surface area contributed by atoms with E-state index in [-0.39, 0.29) is 11.7 Å². The van der Waals surface area contributed by atoms with Crippen molar-refractivity contribution in [2.45, 2.75) is 13.8 Å². The molecule has 4 N–H and O–H groups in total. The third-order valence-electron chi connectivity index (χ3n) is 3.19. The maximum absolute atomic E-state index is 12.2. The highest BCUT2D eigenvalue weighted by Crippen LogP contribution is 2.17. The maximum atomic E-state index is 12.2. The summed E-state index contributed by atoms with van der Waals surface area (Å²) in [4.78, 5) is 12.2. The molecule has 0 unspecified atom stereocenters. The first-order valence-corrected chi connectivity index (χ1v) is 6.48. The van der Waals surface area contributed by atoms with Crippen molar-refractivity contribution in [2.24, 2.45) is 10.9 Å². The third kappa shape index (κ3) is 3.39. The molecule has 0 aliphatic carbocycles. The van der Waals surface area contributed by atoms with Gasteiger partial charge in [-0.3, -0.25) is 4.79 Å². The molecule has 108 valence electrons. The molecule has 0 aromatic heterocycles. The van der Waals surface area contributed by atoms with Gasteiger partial charge in [0.05, 0.1) is 0 Å². The van der Waals surface area contributed by atoms with Gasteiger partial charge in [0.2, 0.25) is 0 Å². The fourth-order valence-corrected chi connectivity index (χ4v) is 1.92. The summed E-state index contributed by atoms with van der Waals surface area (Å²) < 4.78 is 0. The minimum Gasteiger partial charge on any atom is -0.409 e. The molecule has 21 heavy (non-hydrogen) atoms. The molecule has 0 fully saturated rings. The standard InChI is InChI=1S/C16H17N3O2/c1-10-3-4-11(2)14(9-10)18-16(20)13-7-5-12(6-8-13)15(17)19-21/h3-9,21H,1-2H3,(H2,17,19)(H,18,20). The van der Waals surface area contributed by atoms with E-state index < -0.39 is 0 Å². The Morgan fingerprint density at radius 3 is 2.33 bits per heavy atom. The second-order valence-corrected chi connectivity index (χ2v) is 4.84. The van der Waals surface area contributed by atoms with Crippen LogP contribution in [0.25, 0.3) is 0 Å². The topological polar surface area (TPSA) is 87.7 Å². The van der Waals surface area contributed by atoms with Gasteiger partial charge in [-0.05, 0) is 43.2 Å². The van der Waals surface area contributed by atoms with Crippen LogP contribution in [0.2, 0.25) is 0 Å². The largest absolute Gasteiger partial charge is 0.409 e. The number of amidine groups is 1.